The summed E-state index contributed by atoms with van der Waals surface area (Å²) < 4.78 is 0. The molecule has 1 aromatic carbocycles. The van der Waals surface area contributed by atoms with Gasteiger partial charge in [-0.05, 0) is 49.7 Å². The molecule has 1 aromatic rings. The number of nitrogens with one attached hydrogen (secondary N) is 1. The molecule has 112 valence electrons. The van der Waals surface area contributed by atoms with Gasteiger partial charge < -0.3 is 5.32 Å². The van der Waals surface area contributed by atoms with Gasteiger partial charge >= 0.3 is 0 Å². The standard InChI is InChI=1S/C18H28ClN/c1-13(2)11-15-7-6-8-16(12-15)20-14(3)17-9-4-5-10-18(17)19/h4-5,9-10,13-16,20H,6-8,11-12H2,1-3H3/t14-,15?,16?/m0/s1. The Hall–Kier alpha value is -0.530. The summed E-state index contributed by atoms with van der Waals surface area (Å²) in [7, 11) is 0. The molecular formula is C18H28ClN. The van der Waals surface area contributed by atoms with Crippen molar-refractivity contribution in [2.24, 2.45) is 11.8 Å². The van der Waals surface area contributed by atoms with Crippen LogP contribution in [0.15, 0.2) is 24.3 Å². The van der Waals surface area contributed by atoms with E-state index in [1.165, 1.54) is 37.7 Å². The van der Waals surface area contributed by atoms with Gasteiger partial charge in [0.2, 0.25) is 0 Å². The van der Waals surface area contributed by atoms with Crippen molar-refractivity contribution < 1.29 is 0 Å². The minimum absolute atomic E-state index is 0.339. The quantitative estimate of drug-likeness (QED) is 0.745. The van der Waals surface area contributed by atoms with Crippen LogP contribution in [0.5, 0.6) is 0 Å². The molecule has 0 amide bonds. The molecule has 1 aliphatic rings. The van der Waals surface area contributed by atoms with Crippen LogP contribution in [0.2, 0.25) is 5.02 Å². The predicted octanol–water partition coefficient (Wildman–Crippen LogP) is 5.60. The lowest BCUT2D eigenvalue weighted by molar-refractivity contribution is 0.242. The molecule has 1 nitrogen and oxygen atoms in total. The third kappa shape index (κ3) is 4.49. The van der Waals surface area contributed by atoms with Crippen molar-refractivity contribution in [1.29, 1.82) is 0 Å². The van der Waals surface area contributed by atoms with Gasteiger partial charge in [0.15, 0.2) is 0 Å². The fraction of sp³-hybridized carbons (Fsp3) is 0.667. The minimum atomic E-state index is 0.339. The van der Waals surface area contributed by atoms with E-state index in [4.69, 9.17) is 11.6 Å². The van der Waals surface area contributed by atoms with Crippen molar-refractivity contribution in [1.82, 2.24) is 5.32 Å². The molecule has 1 fully saturated rings. The molecule has 2 heteroatoms. The van der Waals surface area contributed by atoms with Crippen molar-refractivity contribution in [3.63, 3.8) is 0 Å². The summed E-state index contributed by atoms with van der Waals surface area (Å²) in [4.78, 5) is 0. The Bertz CT molecular complexity index is 416. The summed E-state index contributed by atoms with van der Waals surface area (Å²) in [5.74, 6) is 1.72. The molecule has 1 saturated carbocycles. The van der Waals surface area contributed by atoms with Gasteiger partial charge in [-0.15, -0.1) is 0 Å². The highest BCUT2D eigenvalue weighted by Gasteiger charge is 2.24. The monoisotopic (exact) mass is 293 g/mol. The van der Waals surface area contributed by atoms with Crippen LogP contribution in [-0.2, 0) is 0 Å². The van der Waals surface area contributed by atoms with Crippen molar-refractivity contribution in [2.45, 2.75) is 65.0 Å². The van der Waals surface area contributed by atoms with E-state index in [9.17, 15) is 0 Å². The SMILES string of the molecule is CC(C)CC1CCCC(N[C@@H](C)c2ccccc2Cl)C1. The maximum atomic E-state index is 6.29. The smallest absolute Gasteiger partial charge is 0.0453 e. The number of halogens is 1. The van der Waals surface area contributed by atoms with Crippen LogP contribution in [0.1, 0.15) is 64.5 Å². The van der Waals surface area contributed by atoms with E-state index in [2.05, 4.69) is 38.2 Å². The molecule has 0 heterocycles. The van der Waals surface area contributed by atoms with Crippen LogP contribution < -0.4 is 5.32 Å². The third-order valence-corrected chi connectivity index (χ3v) is 4.79. The van der Waals surface area contributed by atoms with Crippen LogP contribution in [0.4, 0.5) is 0 Å². The van der Waals surface area contributed by atoms with Crippen molar-refractivity contribution in [3.8, 4) is 0 Å². The van der Waals surface area contributed by atoms with Gasteiger partial charge in [0.05, 0.1) is 0 Å². The van der Waals surface area contributed by atoms with E-state index in [0.717, 1.165) is 16.9 Å². The van der Waals surface area contributed by atoms with E-state index in [1.807, 2.05) is 12.1 Å². The maximum absolute atomic E-state index is 6.29. The Morgan fingerprint density at radius 3 is 2.65 bits per heavy atom. The van der Waals surface area contributed by atoms with Crippen LogP contribution >= 0.6 is 11.6 Å². The van der Waals surface area contributed by atoms with Gasteiger partial charge in [-0.25, -0.2) is 0 Å². The van der Waals surface area contributed by atoms with Crippen LogP contribution in [-0.4, -0.2) is 6.04 Å². The summed E-state index contributed by atoms with van der Waals surface area (Å²) in [6.45, 7) is 6.90. The first-order valence-corrected chi connectivity index (χ1v) is 8.44. The van der Waals surface area contributed by atoms with E-state index in [0.29, 0.717) is 12.1 Å². The Labute approximate surface area is 129 Å². The lowest BCUT2D eigenvalue weighted by Gasteiger charge is -2.33. The normalized spacial score (nSPS) is 24.9. The zero-order valence-electron chi connectivity index (χ0n) is 13.0. The topological polar surface area (TPSA) is 12.0 Å². The molecular weight excluding hydrogens is 266 g/mol. The molecule has 0 bridgehead atoms. The largest absolute Gasteiger partial charge is 0.307 e. The fourth-order valence-corrected chi connectivity index (χ4v) is 3.89. The Kier molecular flexibility index (Phi) is 5.92. The third-order valence-electron chi connectivity index (χ3n) is 4.44. The minimum Gasteiger partial charge on any atom is -0.307 e. The first-order chi connectivity index (χ1) is 9.56. The number of benzene rings is 1. The van der Waals surface area contributed by atoms with Crippen LogP contribution in [0.25, 0.3) is 0 Å². The average Bonchev–Trinajstić information content (AvgIpc) is 2.38. The molecule has 0 aliphatic heterocycles. The van der Waals surface area contributed by atoms with Crippen LogP contribution in [0, 0.1) is 11.8 Å². The molecule has 1 N–H and O–H groups in total. The highest BCUT2D eigenvalue weighted by molar-refractivity contribution is 6.31. The van der Waals surface area contributed by atoms with Gasteiger partial charge in [0.25, 0.3) is 0 Å². The molecule has 2 rings (SSSR count). The predicted molar refractivity (Wildman–Crippen MR) is 88.2 cm³/mol. The van der Waals surface area contributed by atoms with Gasteiger partial charge in [-0.2, -0.15) is 0 Å². The molecule has 1 aliphatic carbocycles. The molecule has 2 unspecified atom stereocenters. The Morgan fingerprint density at radius 2 is 1.95 bits per heavy atom. The summed E-state index contributed by atoms with van der Waals surface area (Å²) in [6, 6.07) is 9.18. The lowest BCUT2D eigenvalue weighted by atomic mass is 9.81. The number of rotatable bonds is 5. The summed E-state index contributed by atoms with van der Waals surface area (Å²) in [5.41, 5.74) is 1.22. The van der Waals surface area contributed by atoms with Crippen molar-refractivity contribution >= 4 is 11.6 Å². The maximum Gasteiger partial charge on any atom is 0.0453 e. The first-order valence-electron chi connectivity index (χ1n) is 8.06. The number of hydrogen-bond acceptors (Lipinski definition) is 1. The molecule has 0 radical (unpaired) electrons. The van der Waals surface area contributed by atoms with Gasteiger partial charge in [0, 0.05) is 17.1 Å². The van der Waals surface area contributed by atoms with E-state index < -0.39 is 0 Å². The average molecular weight is 294 g/mol. The molecule has 0 saturated heterocycles. The zero-order chi connectivity index (χ0) is 14.5. The highest BCUT2D eigenvalue weighted by atomic mass is 35.5. The Morgan fingerprint density at radius 1 is 1.20 bits per heavy atom. The molecule has 0 spiro atoms. The van der Waals surface area contributed by atoms with E-state index in [-0.39, 0.29) is 0 Å². The van der Waals surface area contributed by atoms with Crippen molar-refractivity contribution in [2.75, 3.05) is 0 Å². The van der Waals surface area contributed by atoms with E-state index in [1.54, 1.807) is 0 Å². The van der Waals surface area contributed by atoms with Gasteiger partial charge in [-0.1, -0.05) is 56.5 Å². The van der Waals surface area contributed by atoms with Crippen LogP contribution in [0.3, 0.4) is 0 Å². The molecule has 3 atom stereocenters. The van der Waals surface area contributed by atoms with Crippen molar-refractivity contribution in [3.05, 3.63) is 34.9 Å². The van der Waals surface area contributed by atoms with Gasteiger partial charge in [0.1, 0.15) is 0 Å². The zero-order valence-corrected chi connectivity index (χ0v) is 13.8. The Balaban J connectivity index is 1.91. The number of hydrogen-bond donors (Lipinski definition) is 1. The second-order valence-electron chi connectivity index (χ2n) is 6.77. The second kappa shape index (κ2) is 7.47. The molecule has 0 aromatic heterocycles. The second-order valence-corrected chi connectivity index (χ2v) is 7.18. The highest BCUT2D eigenvalue weighted by Crippen LogP contribution is 2.31. The lowest BCUT2D eigenvalue weighted by Crippen LogP contribution is -2.36. The summed E-state index contributed by atoms with van der Waals surface area (Å²) >= 11 is 6.29. The fourth-order valence-electron chi connectivity index (χ4n) is 3.59. The molecule has 20 heavy (non-hydrogen) atoms. The first kappa shape index (κ1) is 15.9. The summed E-state index contributed by atoms with van der Waals surface area (Å²) in [5, 5.41) is 4.67. The van der Waals surface area contributed by atoms with Gasteiger partial charge in [-0.3, -0.25) is 0 Å². The summed E-state index contributed by atoms with van der Waals surface area (Å²) in [6.07, 6.45) is 6.79. The van der Waals surface area contributed by atoms with E-state index >= 15 is 0 Å².